The fourth-order valence-corrected chi connectivity index (χ4v) is 8.57. The molecule has 1 aromatic heterocycles. The van der Waals surface area contributed by atoms with Crippen LogP contribution in [0.1, 0.15) is 49.9 Å². The molecule has 1 aliphatic heterocycles. The van der Waals surface area contributed by atoms with Crippen LogP contribution in [0.2, 0.25) is 0 Å². The van der Waals surface area contributed by atoms with Crippen molar-refractivity contribution in [3.8, 4) is 0 Å². The highest BCUT2D eigenvalue weighted by molar-refractivity contribution is 7.99. The lowest BCUT2D eigenvalue weighted by molar-refractivity contribution is -0.0101. The molecule has 0 aromatic carbocycles. The topological polar surface area (TPSA) is 41.9 Å². The Labute approximate surface area is 176 Å². The fourth-order valence-electron chi connectivity index (χ4n) is 6.28. The normalized spacial score (nSPS) is 33.3. The number of hydrogen-bond acceptors (Lipinski definition) is 4. The molecule has 0 unspecified atom stereocenters. The summed E-state index contributed by atoms with van der Waals surface area (Å²) in [7, 11) is 0. The number of imidazole rings is 1. The van der Waals surface area contributed by atoms with E-state index >= 15 is 0 Å². The van der Waals surface area contributed by atoms with E-state index in [1.54, 1.807) is 0 Å². The Hall–Kier alpha value is -0.400. The molecule has 4 bridgehead atoms. The first-order valence-corrected chi connectivity index (χ1v) is 13.0. The minimum atomic E-state index is 0.318. The zero-order valence-corrected chi connectivity index (χ0v) is 18.6. The molecule has 0 amide bonds. The molecular weight excluding hydrogens is 392 g/mol. The highest BCUT2D eigenvalue weighted by Gasteiger charge is 2.51. The van der Waals surface area contributed by atoms with Crippen molar-refractivity contribution in [3.05, 3.63) is 11.4 Å². The van der Waals surface area contributed by atoms with E-state index in [4.69, 9.17) is 12.2 Å². The molecule has 5 aliphatic rings. The van der Waals surface area contributed by atoms with Gasteiger partial charge in [-0.2, -0.15) is 11.8 Å². The average molecular weight is 423 g/mol. The Balaban J connectivity index is 1.06. The second-order valence-corrected chi connectivity index (χ2v) is 11.6. The first kappa shape index (κ1) is 18.6. The Morgan fingerprint density at radius 3 is 2.67 bits per heavy atom. The van der Waals surface area contributed by atoms with Gasteiger partial charge >= 0.3 is 0 Å². The Bertz CT molecular complexity index is 694. The number of aromatic nitrogens is 2. The highest BCUT2D eigenvalue weighted by Crippen LogP contribution is 2.55. The smallest absolute Gasteiger partial charge is 0.168 e. The van der Waals surface area contributed by atoms with E-state index in [0.29, 0.717) is 5.54 Å². The lowest BCUT2D eigenvalue weighted by atomic mass is 9.53. The monoisotopic (exact) mass is 422 g/mol. The van der Waals surface area contributed by atoms with Crippen LogP contribution in [0.25, 0.3) is 0 Å². The van der Waals surface area contributed by atoms with Crippen molar-refractivity contribution in [2.45, 2.75) is 68.4 Å². The zero-order valence-electron chi connectivity index (χ0n) is 16.1. The number of thiocarbonyl (C=S) groups is 1. The average Bonchev–Trinajstić information content (AvgIpc) is 3.14. The standard InChI is InChI=1S/C20H30N4S3/c1-13-17(24-3-5-27-19(24)22-13)12-26-4-2-21-18(25)23-20-9-14-6-15(10-20)8-16(7-14)11-20/h14-16H,2-12H2,1H3,(H2,21,23,25). The van der Waals surface area contributed by atoms with Crippen molar-refractivity contribution < 1.29 is 0 Å². The minimum absolute atomic E-state index is 0.318. The molecule has 148 valence electrons. The van der Waals surface area contributed by atoms with Crippen LogP contribution in [0.4, 0.5) is 0 Å². The van der Waals surface area contributed by atoms with Gasteiger partial charge in [-0.05, 0) is 75.4 Å². The third kappa shape index (κ3) is 3.76. The first-order chi connectivity index (χ1) is 13.1. The van der Waals surface area contributed by atoms with Gasteiger partial charge in [-0.15, -0.1) is 0 Å². The van der Waals surface area contributed by atoms with E-state index in [0.717, 1.165) is 47.5 Å². The molecule has 0 atom stereocenters. The molecule has 2 heterocycles. The zero-order chi connectivity index (χ0) is 18.4. The van der Waals surface area contributed by atoms with Gasteiger partial charge < -0.3 is 15.2 Å². The fraction of sp³-hybridized carbons (Fsp3) is 0.800. The Kier molecular flexibility index (Phi) is 5.14. The van der Waals surface area contributed by atoms with Crippen molar-refractivity contribution in [2.24, 2.45) is 17.8 Å². The van der Waals surface area contributed by atoms with Crippen LogP contribution in [-0.2, 0) is 12.3 Å². The van der Waals surface area contributed by atoms with Crippen LogP contribution in [0, 0.1) is 24.7 Å². The summed E-state index contributed by atoms with van der Waals surface area (Å²) in [5.74, 6) is 6.18. The van der Waals surface area contributed by atoms with Crippen molar-refractivity contribution in [1.82, 2.24) is 20.2 Å². The molecule has 4 nitrogen and oxygen atoms in total. The van der Waals surface area contributed by atoms with Crippen molar-refractivity contribution in [3.63, 3.8) is 0 Å². The van der Waals surface area contributed by atoms with Crippen LogP contribution in [0.5, 0.6) is 0 Å². The molecule has 2 N–H and O–H groups in total. The van der Waals surface area contributed by atoms with Gasteiger partial charge in [0.15, 0.2) is 10.3 Å². The predicted molar refractivity (Wildman–Crippen MR) is 118 cm³/mol. The molecule has 6 rings (SSSR count). The number of nitrogens with one attached hydrogen (secondary N) is 2. The van der Waals surface area contributed by atoms with E-state index in [2.05, 4.69) is 27.1 Å². The third-order valence-electron chi connectivity index (χ3n) is 6.97. The molecule has 0 spiro atoms. The van der Waals surface area contributed by atoms with E-state index in [-0.39, 0.29) is 0 Å². The minimum Gasteiger partial charge on any atom is -0.362 e. The molecule has 0 saturated heterocycles. The second-order valence-electron chi connectivity index (χ2n) is 9.06. The summed E-state index contributed by atoms with van der Waals surface area (Å²) in [5.41, 5.74) is 2.93. The summed E-state index contributed by atoms with van der Waals surface area (Å²) >= 11 is 9.52. The Morgan fingerprint density at radius 1 is 1.26 bits per heavy atom. The van der Waals surface area contributed by atoms with Gasteiger partial charge in [0, 0.05) is 35.9 Å². The maximum absolute atomic E-state index is 5.66. The van der Waals surface area contributed by atoms with Gasteiger partial charge in [0.1, 0.15) is 0 Å². The number of rotatable bonds is 6. The molecule has 1 aromatic rings. The number of nitrogens with zero attached hydrogens (tertiary/aromatic N) is 2. The Morgan fingerprint density at radius 2 is 1.96 bits per heavy atom. The highest BCUT2D eigenvalue weighted by atomic mass is 32.2. The van der Waals surface area contributed by atoms with E-state index in [9.17, 15) is 0 Å². The van der Waals surface area contributed by atoms with Crippen molar-refractivity contribution >= 4 is 40.9 Å². The second kappa shape index (κ2) is 7.45. The van der Waals surface area contributed by atoms with Crippen LogP contribution in [0.3, 0.4) is 0 Å². The predicted octanol–water partition coefficient (Wildman–Crippen LogP) is 3.96. The molecule has 4 aliphatic carbocycles. The summed E-state index contributed by atoms with van der Waals surface area (Å²) in [6.45, 7) is 4.20. The van der Waals surface area contributed by atoms with Crippen molar-refractivity contribution in [2.75, 3.05) is 18.1 Å². The summed E-state index contributed by atoms with van der Waals surface area (Å²) in [6, 6.07) is 0. The number of aryl methyl sites for hydroxylation is 1. The largest absolute Gasteiger partial charge is 0.362 e. The lowest BCUT2D eigenvalue weighted by Gasteiger charge is -2.57. The number of hydrogen-bond donors (Lipinski definition) is 2. The maximum atomic E-state index is 5.66. The van der Waals surface area contributed by atoms with E-state index < -0.39 is 0 Å². The molecule has 27 heavy (non-hydrogen) atoms. The van der Waals surface area contributed by atoms with Crippen molar-refractivity contribution in [1.29, 1.82) is 0 Å². The van der Waals surface area contributed by atoms with Crippen LogP contribution in [0.15, 0.2) is 5.16 Å². The van der Waals surface area contributed by atoms with Gasteiger partial charge in [0.25, 0.3) is 0 Å². The molecule has 0 radical (unpaired) electrons. The van der Waals surface area contributed by atoms with E-state index in [1.165, 1.54) is 60.8 Å². The summed E-state index contributed by atoms with van der Waals surface area (Å²) < 4.78 is 2.40. The molecular formula is C20H30N4S3. The summed E-state index contributed by atoms with van der Waals surface area (Å²) in [6.07, 6.45) is 8.48. The van der Waals surface area contributed by atoms with E-state index in [1.807, 2.05) is 23.5 Å². The van der Waals surface area contributed by atoms with Crippen LogP contribution >= 0.6 is 35.7 Å². The molecule has 7 heteroatoms. The van der Waals surface area contributed by atoms with Gasteiger partial charge in [-0.25, -0.2) is 4.98 Å². The number of fused-ring (bicyclic) bond motifs is 1. The quantitative estimate of drug-likeness (QED) is 0.534. The molecule has 4 saturated carbocycles. The number of thioether (sulfide) groups is 2. The maximum Gasteiger partial charge on any atom is 0.168 e. The van der Waals surface area contributed by atoms with Gasteiger partial charge in [0.2, 0.25) is 0 Å². The van der Waals surface area contributed by atoms with Gasteiger partial charge in [0.05, 0.1) is 11.4 Å². The first-order valence-electron chi connectivity index (χ1n) is 10.4. The van der Waals surface area contributed by atoms with Crippen LogP contribution < -0.4 is 10.6 Å². The lowest BCUT2D eigenvalue weighted by Crippen LogP contribution is -2.61. The SMILES string of the molecule is Cc1nc2n(c1CSCCNC(=S)NC13CC4CC(CC(C4)C1)C3)CCS2. The van der Waals surface area contributed by atoms with Crippen LogP contribution in [-0.4, -0.2) is 38.3 Å². The summed E-state index contributed by atoms with van der Waals surface area (Å²) in [5, 5.41) is 9.34. The van der Waals surface area contributed by atoms with Gasteiger partial charge in [-0.1, -0.05) is 11.8 Å². The third-order valence-corrected chi connectivity index (χ3v) is 9.14. The summed E-state index contributed by atoms with van der Waals surface area (Å²) in [4.78, 5) is 4.69. The van der Waals surface area contributed by atoms with Gasteiger partial charge in [-0.3, -0.25) is 0 Å². The molecule has 4 fully saturated rings.